The number of pyridine rings is 1. The third kappa shape index (κ3) is 4.44. The third-order valence-corrected chi connectivity index (χ3v) is 10.0. The molecule has 0 saturated carbocycles. The van der Waals surface area contributed by atoms with E-state index in [-0.39, 0.29) is 11.0 Å². The molecule has 0 spiro atoms. The fourth-order valence-electron chi connectivity index (χ4n) is 4.34. The van der Waals surface area contributed by atoms with Crippen LogP contribution in [-0.4, -0.2) is 90.3 Å². The second-order valence-electron chi connectivity index (χ2n) is 8.50. The molecule has 5 unspecified atom stereocenters. The van der Waals surface area contributed by atoms with Crippen LogP contribution in [0, 0.1) is 5.41 Å². The molecular weight excluding hydrogens is 514 g/mol. The Morgan fingerprint density at radius 3 is 1.97 bits per heavy atom. The Kier molecular flexibility index (Phi) is 6.32. The molecule has 2 fully saturated rings. The van der Waals surface area contributed by atoms with Gasteiger partial charge in [-0.15, -0.1) is 0 Å². The smallest absolute Gasteiger partial charge is 0.164 e. The Labute approximate surface area is 196 Å². The zero-order chi connectivity index (χ0) is 25.3. The van der Waals surface area contributed by atoms with E-state index in [1.54, 1.807) is 0 Å². The molecule has 18 heteroatoms. The molecule has 194 valence electrons. The molecule has 2 aromatic heterocycles. The zero-order valence-corrected chi connectivity index (χ0v) is 19.6. The van der Waals surface area contributed by atoms with Gasteiger partial charge in [-0.2, -0.15) is 0 Å². The average molecular weight is 536 g/mol. The Hall–Kier alpha value is -1.52. The predicted octanol–water partition coefficient (Wildman–Crippen LogP) is -3.33. The summed E-state index contributed by atoms with van der Waals surface area (Å²) in [7, 11) is -10.1. The third-order valence-electron chi connectivity index (χ3n) is 6.15. The van der Waals surface area contributed by atoms with E-state index in [1.165, 1.54) is 23.2 Å². The molecule has 0 aromatic carbocycles. The highest BCUT2D eigenvalue weighted by atomic mass is 31.2. The Balaban J connectivity index is 1.58. The van der Waals surface area contributed by atoms with Crippen molar-refractivity contribution in [1.29, 1.82) is 5.41 Å². The Morgan fingerprint density at radius 2 is 1.43 bits per heavy atom. The molecule has 0 aliphatic carbocycles. The van der Waals surface area contributed by atoms with Gasteiger partial charge in [0.1, 0.15) is 57.3 Å². The average Bonchev–Trinajstić information content (AvgIpc) is 3.41. The number of nitrogens with one attached hydrogen (secondary N) is 1. The first-order valence-corrected chi connectivity index (χ1v) is 13.9. The van der Waals surface area contributed by atoms with E-state index in [0.717, 1.165) is 4.57 Å². The van der Waals surface area contributed by atoms with Gasteiger partial charge < -0.3 is 67.0 Å². The molecule has 4 aliphatic heterocycles. The number of hydrogen-bond acceptors (Lipinski definition) is 14. The molecule has 6 rings (SSSR count). The van der Waals surface area contributed by atoms with Crippen molar-refractivity contribution in [3.63, 3.8) is 0 Å². The summed E-state index contributed by atoms with van der Waals surface area (Å²) in [4.78, 5) is 28.6. The number of imidazole rings is 1. The fourth-order valence-corrected chi connectivity index (χ4v) is 7.44. The number of aliphatic hydroxyl groups excluding tert-OH is 4. The van der Waals surface area contributed by atoms with Gasteiger partial charge >= 0.3 is 0 Å². The van der Waals surface area contributed by atoms with Crippen molar-refractivity contribution in [3.8, 4) is 0 Å². The summed E-state index contributed by atoms with van der Waals surface area (Å²) in [5.74, 6) is -1.53. The summed E-state index contributed by atoms with van der Waals surface area (Å²) in [5.41, 5.74) is 0.159. The van der Waals surface area contributed by atoms with E-state index in [4.69, 9.17) is 23.9 Å². The lowest BCUT2D eigenvalue weighted by molar-refractivity contribution is -0.210. The lowest BCUT2D eigenvalue weighted by Crippen LogP contribution is -2.36. The van der Waals surface area contributed by atoms with Gasteiger partial charge in [0.2, 0.25) is 0 Å². The number of fused-ring (bicyclic) bond motifs is 7. The molecule has 0 amide bonds. The molecule has 10 atom stereocenters. The summed E-state index contributed by atoms with van der Waals surface area (Å²) in [6, 6.07) is 1.47. The van der Waals surface area contributed by atoms with Crippen molar-refractivity contribution in [2.45, 2.75) is 49.1 Å². The number of nitrogens with zero attached hydrogens (tertiary/aromatic N) is 3. The molecular formula is C17H22N4O12P2-2. The van der Waals surface area contributed by atoms with Crippen LogP contribution >= 0.6 is 15.2 Å². The van der Waals surface area contributed by atoms with Crippen molar-refractivity contribution in [2.24, 2.45) is 0 Å². The van der Waals surface area contributed by atoms with Crippen molar-refractivity contribution < 1.29 is 57.9 Å². The lowest BCUT2D eigenvalue weighted by Gasteiger charge is -2.32. The van der Waals surface area contributed by atoms with Crippen LogP contribution in [0.4, 0.5) is 0 Å². The fraction of sp³-hybridized carbons (Fsp3) is 0.647. The van der Waals surface area contributed by atoms with Crippen LogP contribution in [0.5, 0.6) is 0 Å². The van der Waals surface area contributed by atoms with E-state index >= 15 is 0 Å². The van der Waals surface area contributed by atoms with Gasteiger partial charge in [0.15, 0.2) is 17.9 Å². The molecule has 5 N–H and O–H groups in total. The van der Waals surface area contributed by atoms with Crippen LogP contribution in [0.15, 0.2) is 18.6 Å². The van der Waals surface area contributed by atoms with Gasteiger partial charge in [-0.3, -0.25) is 5.41 Å². The minimum atomic E-state index is -5.06. The quantitative estimate of drug-likeness (QED) is 0.207. The second-order valence-corrected chi connectivity index (χ2v) is 12.6. The van der Waals surface area contributed by atoms with E-state index in [9.17, 15) is 39.3 Å². The highest BCUT2D eigenvalue weighted by Crippen LogP contribution is 2.54. The van der Waals surface area contributed by atoms with Crippen molar-refractivity contribution >= 4 is 26.2 Å². The van der Waals surface area contributed by atoms with Crippen LogP contribution in [0.2, 0.25) is 0 Å². The van der Waals surface area contributed by atoms with Crippen LogP contribution < -0.4 is 15.3 Å². The van der Waals surface area contributed by atoms with E-state index in [1.807, 2.05) is 0 Å². The monoisotopic (exact) mass is 536 g/mol. The number of ether oxygens (including phenoxy) is 2. The molecule has 2 saturated heterocycles. The minimum absolute atomic E-state index is 0.0942. The Bertz CT molecular complexity index is 1280. The molecule has 0 radical (unpaired) electrons. The summed E-state index contributed by atoms with van der Waals surface area (Å²) >= 11 is 0. The summed E-state index contributed by atoms with van der Waals surface area (Å²) in [6.07, 6.45) is -8.98. The Morgan fingerprint density at radius 1 is 0.914 bits per heavy atom. The molecule has 6 heterocycles. The largest absolute Gasteiger partial charge is 0.778 e. The van der Waals surface area contributed by atoms with Crippen LogP contribution in [0.1, 0.15) is 12.5 Å². The maximum absolute atomic E-state index is 12.2. The van der Waals surface area contributed by atoms with Gasteiger partial charge in [0, 0.05) is 6.20 Å². The second kappa shape index (κ2) is 8.80. The van der Waals surface area contributed by atoms with E-state index < -0.39 is 83.4 Å². The van der Waals surface area contributed by atoms with Crippen molar-refractivity contribution in [1.82, 2.24) is 14.1 Å². The van der Waals surface area contributed by atoms with Crippen LogP contribution in [-0.2, 0) is 27.7 Å². The maximum atomic E-state index is 12.2. The first-order chi connectivity index (χ1) is 16.4. The normalized spacial score (nSPS) is 44.6. The highest BCUT2D eigenvalue weighted by molar-refractivity contribution is 7.69. The summed E-state index contributed by atoms with van der Waals surface area (Å²) in [6.45, 7) is -1.59. The van der Waals surface area contributed by atoms with E-state index in [2.05, 4.69) is 4.98 Å². The topological polar surface area (TPSA) is 245 Å². The lowest BCUT2D eigenvalue weighted by atomic mass is 10.1. The first-order valence-electron chi connectivity index (χ1n) is 10.4. The van der Waals surface area contributed by atoms with E-state index in [0.29, 0.717) is 5.52 Å². The number of aromatic nitrogens is 3. The molecule has 4 aliphatic rings. The zero-order valence-electron chi connectivity index (χ0n) is 17.8. The summed E-state index contributed by atoms with van der Waals surface area (Å²) in [5, 5.41) is 50.2. The number of aliphatic hydroxyl groups is 4. The van der Waals surface area contributed by atoms with Gasteiger partial charge in [-0.25, -0.2) is 4.98 Å². The maximum Gasteiger partial charge on any atom is 0.164 e. The SMILES string of the molecule is N=c1c2ncn3c2ccn1[C@H]1O[C@@H](COP(=O)([O-])CP(=O)([O-])OC[C@H]2O[C@@H]3C(O)[C@H]2O)C(O)C1O. The van der Waals surface area contributed by atoms with Gasteiger partial charge in [-0.05, 0) is 6.07 Å². The first kappa shape index (κ1) is 25.1. The number of hydrogen-bond donors (Lipinski definition) is 5. The van der Waals surface area contributed by atoms with Gasteiger partial charge in [0.25, 0.3) is 0 Å². The molecule has 2 aromatic rings. The van der Waals surface area contributed by atoms with Crippen molar-refractivity contribution in [2.75, 3.05) is 19.1 Å². The van der Waals surface area contributed by atoms with Crippen LogP contribution in [0.3, 0.4) is 0 Å². The molecule has 35 heavy (non-hydrogen) atoms. The highest BCUT2D eigenvalue weighted by Gasteiger charge is 2.46. The predicted molar refractivity (Wildman–Crippen MR) is 107 cm³/mol. The minimum Gasteiger partial charge on any atom is -0.778 e. The van der Waals surface area contributed by atoms with Crippen LogP contribution in [0.25, 0.3) is 11.0 Å². The summed E-state index contributed by atoms with van der Waals surface area (Å²) < 4.78 is 47.6. The van der Waals surface area contributed by atoms with Gasteiger partial charge in [-0.1, -0.05) is 0 Å². The standard InChI is InChI=1S/C17H24N4O12P2/c18-15-10-7-1-2-20(15)16-13(24)11(22)8(32-16)3-30-34(26,27)6-35(28,29)31-4-9-12(23)14(25)17(33-9)21(7)5-19-10/h1-2,5,8-9,11-14,16-18,22-25H,3-4,6H2,(H,26,27)(H,28,29)/p-2/t8-,9+,11?,12-,13?,14?,16-,17+/m0/s1. The molecule has 16 nitrogen and oxygen atoms in total. The molecule has 8 bridgehead atoms. The van der Waals surface area contributed by atoms with Gasteiger partial charge in [0.05, 0.1) is 31.0 Å². The number of rotatable bonds is 0. The van der Waals surface area contributed by atoms with Crippen molar-refractivity contribution in [3.05, 3.63) is 24.1 Å².